The fourth-order valence-electron chi connectivity index (χ4n) is 1.34. The maximum absolute atomic E-state index is 10.5. The molecule has 2 rings (SSSR count). The molecule has 0 radical (unpaired) electrons. The van der Waals surface area contributed by atoms with E-state index in [1.165, 1.54) is 23.9 Å². The van der Waals surface area contributed by atoms with E-state index in [4.69, 9.17) is 0 Å². The van der Waals surface area contributed by atoms with Gasteiger partial charge in [-0.2, -0.15) is 5.10 Å². The molecule has 0 aliphatic carbocycles. The van der Waals surface area contributed by atoms with E-state index in [0.29, 0.717) is 10.8 Å². The first-order chi connectivity index (χ1) is 9.69. The van der Waals surface area contributed by atoms with Crippen molar-refractivity contribution in [2.75, 3.05) is 11.7 Å². The summed E-state index contributed by atoms with van der Waals surface area (Å²) in [4.78, 5) is 18.3. The largest absolute Gasteiger partial charge is 0.278 e. The Kier molecular flexibility index (Phi) is 4.61. The molecule has 7 nitrogen and oxygen atoms in total. The second kappa shape index (κ2) is 6.62. The highest BCUT2D eigenvalue weighted by Crippen LogP contribution is 2.15. The Morgan fingerprint density at radius 1 is 1.30 bits per heavy atom. The molecule has 0 saturated heterocycles. The number of rotatable bonds is 5. The second-order valence-corrected chi connectivity index (χ2v) is 4.45. The van der Waals surface area contributed by atoms with Crippen LogP contribution in [-0.4, -0.2) is 27.4 Å². The summed E-state index contributed by atoms with van der Waals surface area (Å²) in [6, 6.07) is 5.99. The first-order valence-corrected chi connectivity index (χ1v) is 6.81. The van der Waals surface area contributed by atoms with E-state index < -0.39 is 4.92 Å². The summed E-state index contributed by atoms with van der Waals surface area (Å²) in [7, 11) is 0. The third-order valence-corrected chi connectivity index (χ3v) is 2.89. The van der Waals surface area contributed by atoms with Crippen molar-refractivity contribution < 1.29 is 4.92 Å². The summed E-state index contributed by atoms with van der Waals surface area (Å²) in [5.41, 5.74) is 4.24. The Balaban J connectivity index is 1.96. The number of nitrogens with one attached hydrogen (secondary N) is 1. The number of nitro groups is 1. The number of hydrogen-bond acceptors (Lipinski definition) is 7. The summed E-state index contributed by atoms with van der Waals surface area (Å²) in [5.74, 6) is 0. The molecule has 0 atom stereocenters. The lowest BCUT2D eigenvalue weighted by molar-refractivity contribution is -0.384. The fourth-order valence-corrected chi connectivity index (χ4v) is 1.65. The lowest BCUT2D eigenvalue weighted by Gasteiger charge is -1.99. The van der Waals surface area contributed by atoms with Crippen molar-refractivity contribution in [3.63, 3.8) is 0 Å². The van der Waals surface area contributed by atoms with E-state index in [2.05, 4.69) is 20.5 Å². The lowest BCUT2D eigenvalue weighted by atomic mass is 10.3. The molecular weight excluding hydrogens is 278 g/mol. The zero-order valence-corrected chi connectivity index (χ0v) is 11.4. The van der Waals surface area contributed by atoms with Crippen molar-refractivity contribution in [3.8, 4) is 0 Å². The number of nitro benzene ring substituents is 1. The Hall–Kier alpha value is -2.48. The van der Waals surface area contributed by atoms with E-state index in [-0.39, 0.29) is 5.69 Å². The summed E-state index contributed by atoms with van der Waals surface area (Å²) < 4.78 is 0. The van der Waals surface area contributed by atoms with E-state index in [0.717, 1.165) is 5.56 Å². The minimum atomic E-state index is -0.447. The standard InChI is InChI=1S/C12H11N5O2S/c1-20-12-13-6-9(7-14-12)8-15-16-10-2-4-11(5-3-10)17(18)19/h2-8,16H,1H3/b15-8+. The summed E-state index contributed by atoms with van der Waals surface area (Å²) in [6.07, 6.45) is 6.81. The molecule has 102 valence electrons. The topological polar surface area (TPSA) is 93.3 Å². The van der Waals surface area contributed by atoms with Crippen LogP contribution in [0.2, 0.25) is 0 Å². The zero-order valence-electron chi connectivity index (χ0n) is 10.6. The normalized spacial score (nSPS) is 10.7. The van der Waals surface area contributed by atoms with Gasteiger partial charge >= 0.3 is 0 Å². The van der Waals surface area contributed by atoms with Crippen LogP contribution >= 0.6 is 11.8 Å². The molecular formula is C12H11N5O2S. The van der Waals surface area contributed by atoms with Gasteiger partial charge in [0.1, 0.15) is 0 Å². The van der Waals surface area contributed by atoms with Crippen molar-refractivity contribution >= 4 is 29.4 Å². The van der Waals surface area contributed by atoms with Gasteiger partial charge in [-0.3, -0.25) is 15.5 Å². The van der Waals surface area contributed by atoms with Gasteiger partial charge in [0.25, 0.3) is 5.69 Å². The average Bonchev–Trinajstić information content (AvgIpc) is 2.48. The lowest BCUT2D eigenvalue weighted by Crippen LogP contribution is -1.93. The van der Waals surface area contributed by atoms with E-state index in [9.17, 15) is 10.1 Å². The van der Waals surface area contributed by atoms with Crippen LogP contribution in [0.4, 0.5) is 11.4 Å². The van der Waals surface area contributed by atoms with Crippen molar-refractivity contribution in [2.45, 2.75) is 5.16 Å². The van der Waals surface area contributed by atoms with Crippen LogP contribution in [0.3, 0.4) is 0 Å². The highest BCUT2D eigenvalue weighted by atomic mass is 32.2. The van der Waals surface area contributed by atoms with Crippen molar-refractivity contribution in [1.29, 1.82) is 0 Å². The fraction of sp³-hybridized carbons (Fsp3) is 0.0833. The maximum atomic E-state index is 10.5. The molecule has 0 aliphatic rings. The molecule has 0 bridgehead atoms. The van der Waals surface area contributed by atoms with Crippen molar-refractivity contribution in [3.05, 3.63) is 52.3 Å². The maximum Gasteiger partial charge on any atom is 0.269 e. The molecule has 20 heavy (non-hydrogen) atoms. The van der Waals surface area contributed by atoms with Gasteiger partial charge in [0.2, 0.25) is 0 Å². The molecule has 1 aromatic carbocycles. The number of non-ortho nitro benzene ring substituents is 1. The molecule has 0 amide bonds. The minimum absolute atomic E-state index is 0.0422. The first kappa shape index (κ1) is 13.9. The number of thioether (sulfide) groups is 1. The number of hydrogen-bond donors (Lipinski definition) is 1. The number of nitrogens with zero attached hydrogens (tertiary/aromatic N) is 4. The van der Waals surface area contributed by atoms with Gasteiger partial charge in [-0.15, -0.1) is 0 Å². The average molecular weight is 289 g/mol. The second-order valence-electron chi connectivity index (χ2n) is 3.68. The molecule has 1 aromatic heterocycles. The molecule has 0 fully saturated rings. The molecule has 0 aliphatic heterocycles. The Morgan fingerprint density at radius 3 is 2.50 bits per heavy atom. The highest BCUT2D eigenvalue weighted by Gasteiger charge is 2.02. The summed E-state index contributed by atoms with van der Waals surface area (Å²) in [6.45, 7) is 0. The molecule has 1 N–H and O–H groups in total. The molecule has 0 unspecified atom stereocenters. The third kappa shape index (κ3) is 3.75. The van der Waals surface area contributed by atoms with Crippen LogP contribution in [0, 0.1) is 10.1 Å². The van der Waals surface area contributed by atoms with E-state index >= 15 is 0 Å². The van der Waals surface area contributed by atoms with Crippen LogP contribution in [0.25, 0.3) is 0 Å². The van der Waals surface area contributed by atoms with Crippen LogP contribution in [0.1, 0.15) is 5.56 Å². The van der Waals surface area contributed by atoms with Gasteiger partial charge < -0.3 is 0 Å². The monoisotopic (exact) mass is 289 g/mol. The van der Waals surface area contributed by atoms with Crippen molar-refractivity contribution in [2.24, 2.45) is 5.10 Å². The predicted molar refractivity (Wildman–Crippen MR) is 78.1 cm³/mol. The van der Waals surface area contributed by atoms with Gasteiger partial charge in [-0.1, -0.05) is 11.8 Å². The van der Waals surface area contributed by atoms with E-state index in [1.54, 1.807) is 30.7 Å². The van der Waals surface area contributed by atoms with Crippen molar-refractivity contribution in [1.82, 2.24) is 9.97 Å². The Morgan fingerprint density at radius 2 is 1.95 bits per heavy atom. The summed E-state index contributed by atoms with van der Waals surface area (Å²) in [5, 5.41) is 15.2. The number of anilines is 1. The van der Waals surface area contributed by atoms with Gasteiger partial charge in [0, 0.05) is 30.1 Å². The van der Waals surface area contributed by atoms with Crippen LogP contribution < -0.4 is 5.43 Å². The minimum Gasteiger partial charge on any atom is -0.278 e. The quantitative estimate of drug-likeness (QED) is 0.299. The van der Waals surface area contributed by atoms with Crippen LogP contribution in [0.5, 0.6) is 0 Å². The van der Waals surface area contributed by atoms with Gasteiger partial charge in [0.15, 0.2) is 5.16 Å². The van der Waals surface area contributed by atoms with Gasteiger partial charge in [0.05, 0.1) is 16.8 Å². The summed E-state index contributed by atoms with van der Waals surface area (Å²) >= 11 is 1.46. The molecule has 2 aromatic rings. The number of hydrazone groups is 1. The third-order valence-electron chi connectivity index (χ3n) is 2.32. The SMILES string of the molecule is CSc1ncc(/C=N/Nc2ccc([N+](=O)[O-])cc2)cn1. The molecule has 0 spiro atoms. The van der Waals surface area contributed by atoms with E-state index in [1.807, 2.05) is 6.26 Å². The first-order valence-electron chi connectivity index (χ1n) is 5.58. The van der Waals surface area contributed by atoms with Crippen LogP contribution in [-0.2, 0) is 0 Å². The Bertz CT molecular complexity index is 613. The Labute approximate surface area is 119 Å². The predicted octanol–water partition coefficient (Wildman–Crippen LogP) is 2.55. The molecule has 8 heteroatoms. The van der Waals surface area contributed by atoms with Gasteiger partial charge in [-0.05, 0) is 18.4 Å². The highest BCUT2D eigenvalue weighted by molar-refractivity contribution is 7.98. The zero-order chi connectivity index (χ0) is 14.4. The van der Waals surface area contributed by atoms with Crippen LogP contribution in [0.15, 0.2) is 46.9 Å². The van der Waals surface area contributed by atoms with Gasteiger partial charge in [-0.25, -0.2) is 9.97 Å². The molecule has 1 heterocycles. The number of aromatic nitrogens is 2. The number of benzene rings is 1. The molecule has 0 saturated carbocycles. The smallest absolute Gasteiger partial charge is 0.269 e.